The van der Waals surface area contributed by atoms with E-state index in [-0.39, 0.29) is 17.8 Å². The molecule has 4 rings (SSSR count). The minimum absolute atomic E-state index is 0.149. The first kappa shape index (κ1) is 19.1. The van der Waals surface area contributed by atoms with Crippen molar-refractivity contribution >= 4 is 5.91 Å². The number of carbonyl (C=O) groups is 1. The number of benzene rings is 1. The Balaban J connectivity index is 1.56. The molecular weight excluding hydrogens is 373 g/mol. The highest BCUT2D eigenvalue weighted by Gasteiger charge is 2.33. The average molecular weight is 395 g/mol. The van der Waals surface area contributed by atoms with Crippen molar-refractivity contribution in [3.05, 3.63) is 77.4 Å². The maximum Gasteiger partial charge on any atom is 0.260 e. The summed E-state index contributed by atoms with van der Waals surface area (Å²) < 4.78 is 24.6. The third kappa shape index (κ3) is 4.13. The smallest absolute Gasteiger partial charge is 0.260 e. The van der Waals surface area contributed by atoms with Crippen molar-refractivity contribution < 1.29 is 18.3 Å². The van der Waals surface area contributed by atoms with Crippen LogP contribution in [0.3, 0.4) is 0 Å². The third-order valence-corrected chi connectivity index (χ3v) is 5.08. The SMILES string of the molecule is COc1ncccc1C(=O)N1CCCC[C@@H]1c1ncc(Cc2cccc(F)c2)o1. The zero-order valence-corrected chi connectivity index (χ0v) is 16.2. The Bertz CT molecular complexity index is 1000. The summed E-state index contributed by atoms with van der Waals surface area (Å²) in [6, 6.07) is 9.59. The van der Waals surface area contributed by atoms with E-state index >= 15 is 0 Å². The first-order chi connectivity index (χ1) is 14.2. The van der Waals surface area contributed by atoms with Gasteiger partial charge in [-0.2, -0.15) is 0 Å². The van der Waals surface area contributed by atoms with Gasteiger partial charge in [0.2, 0.25) is 11.8 Å². The summed E-state index contributed by atoms with van der Waals surface area (Å²) in [6.45, 7) is 0.614. The fraction of sp³-hybridized carbons (Fsp3) is 0.318. The Kier molecular flexibility index (Phi) is 5.55. The second-order valence-corrected chi connectivity index (χ2v) is 7.04. The maximum absolute atomic E-state index is 13.4. The lowest BCUT2D eigenvalue weighted by Crippen LogP contribution is -2.38. The molecule has 7 heteroatoms. The fourth-order valence-corrected chi connectivity index (χ4v) is 3.71. The molecule has 3 aromatic rings. The summed E-state index contributed by atoms with van der Waals surface area (Å²) in [6.07, 6.45) is 6.37. The maximum atomic E-state index is 13.4. The van der Waals surface area contributed by atoms with Crippen LogP contribution in [0.1, 0.15) is 52.9 Å². The van der Waals surface area contributed by atoms with Gasteiger partial charge in [0.05, 0.1) is 13.3 Å². The topological polar surface area (TPSA) is 68.5 Å². The summed E-state index contributed by atoms with van der Waals surface area (Å²) in [5, 5.41) is 0. The van der Waals surface area contributed by atoms with Crippen molar-refractivity contribution in [1.29, 1.82) is 0 Å². The molecule has 150 valence electrons. The van der Waals surface area contributed by atoms with Gasteiger partial charge in [-0.05, 0) is 49.1 Å². The van der Waals surface area contributed by atoms with Crippen LogP contribution >= 0.6 is 0 Å². The Morgan fingerprint density at radius 2 is 2.17 bits per heavy atom. The van der Waals surface area contributed by atoms with Crippen molar-refractivity contribution in [1.82, 2.24) is 14.9 Å². The number of carbonyl (C=O) groups excluding carboxylic acids is 1. The summed E-state index contributed by atoms with van der Waals surface area (Å²) >= 11 is 0. The molecule has 1 aromatic carbocycles. The Morgan fingerprint density at radius 1 is 1.28 bits per heavy atom. The van der Waals surface area contributed by atoms with E-state index in [1.165, 1.54) is 19.2 Å². The number of nitrogens with zero attached hydrogens (tertiary/aromatic N) is 3. The van der Waals surface area contributed by atoms with E-state index in [2.05, 4.69) is 9.97 Å². The Morgan fingerprint density at radius 3 is 3.00 bits per heavy atom. The number of methoxy groups -OCH3 is 1. The highest BCUT2D eigenvalue weighted by Crippen LogP contribution is 2.33. The van der Waals surface area contributed by atoms with E-state index in [4.69, 9.17) is 9.15 Å². The molecule has 1 fully saturated rings. The molecule has 0 N–H and O–H groups in total. The molecule has 3 heterocycles. The summed E-state index contributed by atoms with van der Waals surface area (Å²) in [5.41, 5.74) is 1.23. The minimum atomic E-state index is -0.281. The molecule has 2 aromatic heterocycles. The predicted octanol–water partition coefficient (Wildman–Crippen LogP) is 4.18. The lowest BCUT2D eigenvalue weighted by Gasteiger charge is -2.34. The van der Waals surface area contributed by atoms with Crippen LogP contribution in [0, 0.1) is 5.82 Å². The Labute approximate surface area is 168 Å². The lowest BCUT2D eigenvalue weighted by atomic mass is 10.0. The van der Waals surface area contributed by atoms with Crippen LogP contribution in [0.5, 0.6) is 5.88 Å². The number of amides is 1. The van der Waals surface area contributed by atoms with E-state index in [0.717, 1.165) is 24.8 Å². The van der Waals surface area contributed by atoms with Crippen LogP contribution < -0.4 is 4.74 Å². The van der Waals surface area contributed by atoms with Gasteiger partial charge >= 0.3 is 0 Å². The number of pyridine rings is 1. The van der Waals surface area contributed by atoms with Crippen LogP contribution in [0.4, 0.5) is 4.39 Å². The average Bonchev–Trinajstić information content (AvgIpc) is 3.21. The van der Waals surface area contributed by atoms with E-state index < -0.39 is 0 Å². The number of halogens is 1. The number of oxazole rings is 1. The molecule has 0 radical (unpaired) electrons. The molecule has 1 atom stereocenters. The fourth-order valence-electron chi connectivity index (χ4n) is 3.71. The summed E-state index contributed by atoms with van der Waals surface area (Å²) in [5.74, 6) is 1.03. The molecule has 1 aliphatic rings. The van der Waals surface area contributed by atoms with Gasteiger partial charge in [-0.15, -0.1) is 0 Å². The molecule has 6 nitrogen and oxygen atoms in total. The van der Waals surface area contributed by atoms with Crippen LogP contribution in [-0.4, -0.2) is 34.4 Å². The number of aromatic nitrogens is 2. The Hall–Kier alpha value is -3.22. The van der Waals surface area contributed by atoms with Crippen molar-refractivity contribution in [3.8, 4) is 5.88 Å². The van der Waals surface area contributed by atoms with Gasteiger partial charge < -0.3 is 14.1 Å². The van der Waals surface area contributed by atoms with Crippen molar-refractivity contribution in [2.24, 2.45) is 0 Å². The largest absolute Gasteiger partial charge is 0.480 e. The number of ether oxygens (including phenoxy) is 1. The standard InChI is InChI=1S/C22H22FN3O3/c1-28-20-18(8-5-10-24-20)22(27)26-11-3-2-9-19(26)21-25-14-17(29-21)13-15-6-4-7-16(23)12-15/h4-8,10,12,14,19H,2-3,9,11,13H2,1H3/t19-/m1/s1. The molecule has 0 aliphatic carbocycles. The van der Waals surface area contributed by atoms with Gasteiger partial charge in [0.25, 0.3) is 5.91 Å². The molecule has 1 aliphatic heterocycles. The second-order valence-electron chi connectivity index (χ2n) is 7.04. The zero-order chi connectivity index (χ0) is 20.2. The number of piperidine rings is 1. The molecule has 0 bridgehead atoms. The van der Waals surface area contributed by atoms with Gasteiger partial charge in [-0.25, -0.2) is 14.4 Å². The van der Waals surface area contributed by atoms with E-state index in [1.807, 2.05) is 6.07 Å². The van der Waals surface area contributed by atoms with Gasteiger partial charge in [-0.1, -0.05) is 12.1 Å². The van der Waals surface area contributed by atoms with Gasteiger partial charge in [-0.3, -0.25) is 4.79 Å². The zero-order valence-electron chi connectivity index (χ0n) is 16.2. The predicted molar refractivity (Wildman–Crippen MR) is 104 cm³/mol. The monoisotopic (exact) mass is 395 g/mol. The molecule has 29 heavy (non-hydrogen) atoms. The van der Waals surface area contributed by atoms with Gasteiger partial charge in [0.15, 0.2) is 0 Å². The number of hydrogen-bond donors (Lipinski definition) is 0. The first-order valence-corrected chi connectivity index (χ1v) is 9.64. The lowest BCUT2D eigenvalue weighted by molar-refractivity contribution is 0.0566. The molecular formula is C22H22FN3O3. The normalized spacial score (nSPS) is 16.6. The van der Waals surface area contributed by atoms with Crippen LogP contribution in [-0.2, 0) is 6.42 Å². The van der Waals surface area contributed by atoms with E-state index in [0.29, 0.717) is 36.1 Å². The second kappa shape index (κ2) is 8.43. The summed E-state index contributed by atoms with van der Waals surface area (Å²) in [4.78, 5) is 23.5. The number of likely N-dealkylation sites (tertiary alicyclic amines) is 1. The van der Waals surface area contributed by atoms with Crippen LogP contribution in [0.15, 0.2) is 53.2 Å². The number of rotatable bonds is 5. The van der Waals surface area contributed by atoms with Crippen molar-refractivity contribution in [2.75, 3.05) is 13.7 Å². The first-order valence-electron chi connectivity index (χ1n) is 9.64. The van der Waals surface area contributed by atoms with Crippen molar-refractivity contribution in [2.45, 2.75) is 31.7 Å². The molecule has 0 unspecified atom stereocenters. The molecule has 1 saturated heterocycles. The van der Waals surface area contributed by atoms with E-state index in [9.17, 15) is 9.18 Å². The van der Waals surface area contributed by atoms with Gasteiger partial charge in [0, 0.05) is 19.2 Å². The quantitative estimate of drug-likeness (QED) is 0.648. The highest BCUT2D eigenvalue weighted by molar-refractivity contribution is 5.96. The highest BCUT2D eigenvalue weighted by atomic mass is 19.1. The van der Waals surface area contributed by atoms with E-state index in [1.54, 1.807) is 35.5 Å². The minimum Gasteiger partial charge on any atom is -0.480 e. The molecule has 0 spiro atoms. The van der Waals surface area contributed by atoms with Crippen molar-refractivity contribution in [3.63, 3.8) is 0 Å². The molecule has 1 amide bonds. The molecule has 0 saturated carbocycles. The van der Waals surface area contributed by atoms with Gasteiger partial charge in [0.1, 0.15) is 23.2 Å². The van der Waals surface area contributed by atoms with Crippen LogP contribution in [0.25, 0.3) is 0 Å². The summed E-state index contributed by atoms with van der Waals surface area (Å²) in [7, 11) is 1.50. The number of hydrogen-bond acceptors (Lipinski definition) is 5. The third-order valence-electron chi connectivity index (χ3n) is 5.08. The van der Waals surface area contributed by atoms with Crippen LogP contribution in [0.2, 0.25) is 0 Å².